The van der Waals surface area contributed by atoms with Crippen LogP contribution in [-0.2, 0) is 16.0 Å². The number of ether oxygens (including phenoxy) is 1. The van der Waals surface area contributed by atoms with E-state index in [9.17, 15) is 13.6 Å². The maximum atomic E-state index is 13.7. The van der Waals surface area contributed by atoms with Crippen LogP contribution < -0.4 is 0 Å². The molecule has 3 aromatic rings. The number of aromatic nitrogens is 1. The molecule has 2 aromatic carbocycles. The van der Waals surface area contributed by atoms with Crippen LogP contribution >= 0.6 is 0 Å². The molecule has 4 nitrogen and oxygen atoms in total. The highest BCUT2D eigenvalue weighted by molar-refractivity contribution is 5.78. The van der Waals surface area contributed by atoms with Crippen molar-refractivity contribution < 1.29 is 18.3 Å². The second-order valence-electron chi connectivity index (χ2n) is 8.00. The van der Waals surface area contributed by atoms with Gasteiger partial charge in [0.1, 0.15) is 11.6 Å². The van der Waals surface area contributed by atoms with E-state index in [0.717, 1.165) is 29.3 Å². The molecule has 1 aliphatic heterocycles. The lowest BCUT2D eigenvalue weighted by Gasteiger charge is -2.37. The van der Waals surface area contributed by atoms with Gasteiger partial charge in [-0.3, -0.25) is 9.78 Å². The molecule has 2 atom stereocenters. The van der Waals surface area contributed by atoms with Crippen molar-refractivity contribution in [1.82, 2.24) is 9.88 Å². The smallest absolute Gasteiger partial charge is 0.228 e. The van der Waals surface area contributed by atoms with Gasteiger partial charge in [0.15, 0.2) is 0 Å². The molecule has 0 N–H and O–H groups in total. The Morgan fingerprint density at radius 2 is 1.88 bits per heavy atom. The van der Waals surface area contributed by atoms with Gasteiger partial charge >= 0.3 is 0 Å². The van der Waals surface area contributed by atoms with Crippen molar-refractivity contribution in [3.05, 3.63) is 89.8 Å². The third-order valence-electron chi connectivity index (χ3n) is 5.87. The molecule has 1 fully saturated rings. The molecule has 0 aliphatic carbocycles. The zero-order valence-electron chi connectivity index (χ0n) is 18.0. The lowest BCUT2D eigenvalue weighted by atomic mass is 9.93. The molecule has 2 heterocycles. The summed E-state index contributed by atoms with van der Waals surface area (Å²) in [6, 6.07) is 16.7. The zero-order chi connectivity index (χ0) is 22.5. The van der Waals surface area contributed by atoms with Crippen molar-refractivity contribution in [2.45, 2.75) is 38.3 Å². The van der Waals surface area contributed by atoms with Crippen LogP contribution in [0.3, 0.4) is 0 Å². The average Bonchev–Trinajstić information content (AvgIpc) is 2.80. The molecule has 1 aliphatic rings. The van der Waals surface area contributed by atoms with Crippen LogP contribution in [0.4, 0.5) is 8.78 Å². The molecule has 1 saturated heterocycles. The molecule has 166 valence electrons. The molecular weight excluding hydrogens is 410 g/mol. The molecule has 1 amide bonds. The Kier molecular flexibility index (Phi) is 6.90. The first-order valence-corrected chi connectivity index (χ1v) is 10.9. The summed E-state index contributed by atoms with van der Waals surface area (Å²) in [6.45, 7) is 3.15. The summed E-state index contributed by atoms with van der Waals surface area (Å²) in [5, 5.41) is 0. The van der Waals surface area contributed by atoms with Crippen molar-refractivity contribution in [2.24, 2.45) is 0 Å². The standard InChI is InChI=1S/C26H26F2N2O2/c1-2-30(26(31)16-23-8-3-4-10-29-23)24-9-11-32-25(17-24)19-7-5-6-18(12-19)20-13-21(27)15-22(28)14-20/h3-8,10,12-15,24-25H,2,9,11,16-17H2,1H3/t24-,25+/m0/s1. The van der Waals surface area contributed by atoms with Gasteiger partial charge in [0.05, 0.1) is 12.5 Å². The first kappa shape index (κ1) is 22.1. The minimum absolute atomic E-state index is 0.0563. The molecular formula is C26H26F2N2O2. The monoisotopic (exact) mass is 436 g/mol. The van der Waals surface area contributed by atoms with Gasteiger partial charge in [-0.25, -0.2) is 8.78 Å². The molecule has 1 aromatic heterocycles. The minimum atomic E-state index is -0.607. The number of pyridine rings is 1. The van der Waals surface area contributed by atoms with Crippen molar-refractivity contribution in [2.75, 3.05) is 13.2 Å². The van der Waals surface area contributed by atoms with Gasteiger partial charge in [-0.2, -0.15) is 0 Å². The topological polar surface area (TPSA) is 42.4 Å². The van der Waals surface area contributed by atoms with E-state index in [-0.39, 0.29) is 24.5 Å². The SMILES string of the molecule is CCN(C(=O)Cc1ccccn1)[C@H]1CCO[C@@H](c2cccc(-c3cc(F)cc(F)c3)c2)C1. The summed E-state index contributed by atoms with van der Waals surface area (Å²) in [5.74, 6) is -1.16. The first-order chi connectivity index (χ1) is 15.5. The number of amides is 1. The van der Waals surface area contributed by atoms with Crippen LogP contribution in [0.25, 0.3) is 11.1 Å². The molecule has 0 saturated carbocycles. The van der Waals surface area contributed by atoms with E-state index in [1.807, 2.05) is 54.3 Å². The summed E-state index contributed by atoms with van der Waals surface area (Å²) < 4.78 is 33.4. The Bertz CT molecular complexity index is 1050. The highest BCUT2D eigenvalue weighted by Crippen LogP contribution is 2.33. The molecule has 0 bridgehead atoms. The number of hydrogen-bond donors (Lipinski definition) is 0. The predicted molar refractivity (Wildman–Crippen MR) is 119 cm³/mol. The third-order valence-corrected chi connectivity index (χ3v) is 5.87. The van der Waals surface area contributed by atoms with Crippen LogP contribution in [0.5, 0.6) is 0 Å². The summed E-state index contributed by atoms with van der Waals surface area (Å²) in [5.41, 5.74) is 2.90. The minimum Gasteiger partial charge on any atom is -0.373 e. The quantitative estimate of drug-likeness (QED) is 0.524. The van der Waals surface area contributed by atoms with E-state index in [1.165, 1.54) is 12.1 Å². The van der Waals surface area contributed by atoms with Crippen molar-refractivity contribution >= 4 is 5.91 Å². The number of carbonyl (C=O) groups excluding carboxylic acids is 1. The van der Waals surface area contributed by atoms with Crippen LogP contribution in [-0.4, -0.2) is 35.0 Å². The van der Waals surface area contributed by atoms with E-state index in [0.29, 0.717) is 25.1 Å². The maximum absolute atomic E-state index is 13.7. The number of benzene rings is 2. The Morgan fingerprint density at radius 3 is 2.59 bits per heavy atom. The highest BCUT2D eigenvalue weighted by atomic mass is 19.1. The summed E-state index contributed by atoms with van der Waals surface area (Å²) in [4.78, 5) is 19.1. The number of rotatable bonds is 6. The number of carbonyl (C=O) groups is 1. The predicted octanol–water partition coefficient (Wildman–Crippen LogP) is 5.34. The van der Waals surface area contributed by atoms with E-state index in [2.05, 4.69) is 4.98 Å². The summed E-state index contributed by atoms with van der Waals surface area (Å²) in [7, 11) is 0. The number of halogens is 2. The fourth-order valence-corrected chi connectivity index (χ4v) is 4.33. The van der Waals surface area contributed by atoms with Crippen LogP contribution in [0.2, 0.25) is 0 Å². The average molecular weight is 437 g/mol. The second-order valence-corrected chi connectivity index (χ2v) is 8.00. The maximum Gasteiger partial charge on any atom is 0.228 e. The normalized spacial score (nSPS) is 18.3. The zero-order valence-corrected chi connectivity index (χ0v) is 18.0. The number of likely N-dealkylation sites (N-methyl/N-ethyl adjacent to an activating group) is 1. The fourth-order valence-electron chi connectivity index (χ4n) is 4.33. The van der Waals surface area contributed by atoms with Gasteiger partial charge in [0.2, 0.25) is 5.91 Å². The Labute approximate surface area is 186 Å². The van der Waals surface area contributed by atoms with Crippen LogP contribution in [0.15, 0.2) is 66.9 Å². The molecule has 0 spiro atoms. The molecule has 32 heavy (non-hydrogen) atoms. The molecule has 0 radical (unpaired) electrons. The summed E-state index contributed by atoms with van der Waals surface area (Å²) >= 11 is 0. The first-order valence-electron chi connectivity index (χ1n) is 10.9. The van der Waals surface area contributed by atoms with Gasteiger partial charge in [-0.1, -0.05) is 24.3 Å². The van der Waals surface area contributed by atoms with E-state index < -0.39 is 11.6 Å². The van der Waals surface area contributed by atoms with Gasteiger partial charge < -0.3 is 9.64 Å². The van der Waals surface area contributed by atoms with Crippen molar-refractivity contribution in [3.8, 4) is 11.1 Å². The Balaban J connectivity index is 1.50. The van der Waals surface area contributed by atoms with Crippen LogP contribution in [0, 0.1) is 11.6 Å². The fraction of sp³-hybridized carbons (Fsp3) is 0.308. The van der Waals surface area contributed by atoms with E-state index >= 15 is 0 Å². The summed E-state index contributed by atoms with van der Waals surface area (Å²) in [6.07, 6.45) is 3.22. The van der Waals surface area contributed by atoms with E-state index in [4.69, 9.17) is 4.74 Å². The second kappa shape index (κ2) is 10.0. The lowest BCUT2D eigenvalue weighted by Crippen LogP contribution is -2.44. The highest BCUT2D eigenvalue weighted by Gasteiger charge is 2.30. The van der Waals surface area contributed by atoms with Crippen molar-refractivity contribution in [3.63, 3.8) is 0 Å². The van der Waals surface area contributed by atoms with Crippen molar-refractivity contribution in [1.29, 1.82) is 0 Å². The van der Waals surface area contributed by atoms with Gasteiger partial charge in [-0.05, 0) is 66.8 Å². The Hall–Kier alpha value is -3.12. The molecule has 6 heteroatoms. The molecule has 0 unspecified atom stereocenters. The van der Waals surface area contributed by atoms with Gasteiger partial charge in [0, 0.05) is 37.2 Å². The number of nitrogens with zero attached hydrogens (tertiary/aromatic N) is 2. The van der Waals surface area contributed by atoms with Gasteiger partial charge in [-0.15, -0.1) is 0 Å². The van der Waals surface area contributed by atoms with E-state index in [1.54, 1.807) is 6.20 Å². The van der Waals surface area contributed by atoms with Crippen LogP contribution in [0.1, 0.15) is 37.1 Å². The largest absolute Gasteiger partial charge is 0.373 e. The number of hydrogen-bond acceptors (Lipinski definition) is 3. The lowest BCUT2D eigenvalue weighted by molar-refractivity contribution is -0.136. The third kappa shape index (κ3) is 5.19. The molecule has 4 rings (SSSR count). The van der Waals surface area contributed by atoms with Gasteiger partial charge in [0.25, 0.3) is 0 Å². The Morgan fingerprint density at radius 1 is 1.06 bits per heavy atom.